The lowest BCUT2D eigenvalue weighted by Gasteiger charge is -2.15. The first-order valence-electron chi connectivity index (χ1n) is 9.18. The Labute approximate surface area is 177 Å². The summed E-state index contributed by atoms with van der Waals surface area (Å²) in [6.45, 7) is -0.216. The quantitative estimate of drug-likeness (QED) is 0.575. The van der Waals surface area contributed by atoms with Gasteiger partial charge in [-0.05, 0) is 29.3 Å². The Morgan fingerprint density at radius 1 is 1.17 bits per heavy atom. The average Bonchev–Trinajstić information content (AvgIpc) is 2.74. The molecule has 1 amide bonds. The SMILES string of the molecule is O=C(Cn1cc(OCc2ccc(F)cc2)c(=O)cc1CO)NCc1ccccc1Cl. The van der Waals surface area contributed by atoms with Crippen LogP contribution < -0.4 is 15.5 Å². The van der Waals surface area contributed by atoms with Gasteiger partial charge in [-0.2, -0.15) is 0 Å². The third-order valence-corrected chi connectivity index (χ3v) is 4.77. The summed E-state index contributed by atoms with van der Waals surface area (Å²) in [6, 6.07) is 14.1. The van der Waals surface area contributed by atoms with Gasteiger partial charge in [-0.3, -0.25) is 9.59 Å². The molecule has 2 aromatic carbocycles. The summed E-state index contributed by atoms with van der Waals surface area (Å²) in [4.78, 5) is 24.6. The Hall–Kier alpha value is -3.16. The van der Waals surface area contributed by atoms with E-state index in [2.05, 4.69) is 5.32 Å². The van der Waals surface area contributed by atoms with Crippen molar-refractivity contribution in [2.75, 3.05) is 0 Å². The number of aromatic nitrogens is 1. The van der Waals surface area contributed by atoms with Crippen LogP contribution >= 0.6 is 11.6 Å². The Kier molecular flexibility index (Phi) is 7.21. The summed E-state index contributed by atoms with van der Waals surface area (Å²) in [5, 5.41) is 12.8. The number of nitrogens with zero attached hydrogens (tertiary/aromatic N) is 1. The number of rotatable bonds is 8. The van der Waals surface area contributed by atoms with Crippen LogP contribution in [-0.2, 0) is 31.1 Å². The number of hydrogen-bond donors (Lipinski definition) is 2. The standard InChI is InChI=1S/C22H20ClFN2O4/c23-19-4-2-1-3-16(19)10-25-22(29)12-26-11-21(20(28)9-18(26)13-27)30-14-15-5-7-17(24)8-6-15/h1-9,11,27H,10,12-14H2,(H,25,29). The summed E-state index contributed by atoms with van der Waals surface area (Å²) in [5.41, 5.74) is 1.32. The van der Waals surface area contributed by atoms with E-state index in [9.17, 15) is 19.1 Å². The molecule has 0 spiro atoms. The van der Waals surface area contributed by atoms with E-state index in [1.54, 1.807) is 24.3 Å². The van der Waals surface area contributed by atoms with E-state index in [-0.39, 0.29) is 42.9 Å². The molecule has 156 valence electrons. The van der Waals surface area contributed by atoms with Gasteiger partial charge in [-0.25, -0.2) is 4.39 Å². The summed E-state index contributed by atoms with van der Waals surface area (Å²) in [5.74, 6) is -0.663. The van der Waals surface area contributed by atoms with E-state index >= 15 is 0 Å². The number of nitrogens with one attached hydrogen (secondary N) is 1. The van der Waals surface area contributed by atoms with Crippen LogP contribution in [0.5, 0.6) is 5.75 Å². The third-order valence-electron chi connectivity index (χ3n) is 4.40. The zero-order chi connectivity index (χ0) is 21.5. The average molecular weight is 431 g/mol. The molecule has 1 aromatic heterocycles. The van der Waals surface area contributed by atoms with Crippen molar-refractivity contribution in [3.8, 4) is 5.75 Å². The molecular formula is C22H20ClFN2O4. The van der Waals surface area contributed by atoms with Crippen LogP contribution in [-0.4, -0.2) is 15.6 Å². The maximum absolute atomic E-state index is 13.0. The zero-order valence-corrected chi connectivity index (χ0v) is 16.7. The van der Waals surface area contributed by atoms with Crippen molar-refractivity contribution in [1.82, 2.24) is 9.88 Å². The van der Waals surface area contributed by atoms with Crippen molar-refractivity contribution in [2.45, 2.75) is 26.3 Å². The van der Waals surface area contributed by atoms with Gasteiger partial charge in [-0.1, -0.05) is 41.9 Å². The van der Waals surface area contributed by atoms with Crippen LogP contribution in [0.1, 0.15) is 16.8 Å². The third kappa shape index (κ3) is 5.68. The predicted octanol–water partition coefficient (Wildman–Crippen LogP) is 3.03. The highest BCUT2D eigenvalue weighted by Gasteiger charge is 2.11. The van der Waals surface area contributed by atoms with Crippen molar-refractivity contribution in [3.63, 3.8) is 0 Å². The molecule has 0 radical (unpaired) electrons. The number of amides is 1. The number of aliphatic hydroxyl groups excluding tert-OH is 1. The molecule has 0 saturated heterocycles. The summed E-state index contributed by atoms with van der Waals surface area (Å²) in [6.07, 6.45) is 1.38. The zero-order valence-electron chi connectivity index (χ0n) is 16.0. The largest absolute Gasteiger partial charge is 0.483 e. The highest BCUT2D eigenvalue weighted by Crippen LogP contribution is 2.15. The predicted molar refractivity (Wildman–Crippen MR) is 111 cm³/mol. The first kappa shape index (κ1) is 21.5. The van der Waals surface area contributed by atoms with Gasteiger partial charge >= 0.3 is 0 Å². The van der Waals surface area contributed by atoms with Crippen LogP contribution in [0.25, 0.3) is 0 Å². The lowest BCUT2D eigenvalue weighted by Crippen LogP contribution is -2.29. The van der Waals surface area contributed by atoms with Gasteiger partial charge in [0.15, 0.2) is 5.75 Å². The summed E-state index contributed by atoms with van der Waals surface area (Å²) < 4.78 is 20.0. The molecule has 3 rings (SSSR count). The molecule has 0 aliphatic carbocycles. The first-order valence-corrected chi connectivity index (χ1v) is 9.55. The number of benzene rings is 2. The van der Waals surface area contributed by atoms with Crippen molar-refractivity contribution in [1.29, 1.82) is 0 Å². The Balaban J connectivity index is 1.69. The highest BCUT2D eigenvalue weighted by atomic mass is 35.5. The fourth-order valence-electron chi connectivity index (χ4n) is 2.77. The molecule has 30 heavy (non-hydrogen) atoms. The van der Waals surface area contributed by atoms with E-state index in [1.807, 2.05) is 12.1 Å². The number of pyridine rings is 1. The first-order chi connectivity index (χ1) is 14.5. The van der Waals surface area contributed by atoms with E-state index in [0.717, 1.165) is 5.56 Å². The van der Waals surface area contributed by atoms with Gasteiger partial charge in [0.2, 0.25) is 11.3 Å². The molecule has 3 aromatic rings. The fraction of sp³-hybridized carbons (Fsp3) is 0.182. The molecule has 0 aliphatic heterocycles. The van der Waals surface area contributed by atoms with E-state index in [4.69, 9.17) is 16.3 Å². The van der Waals surface area contributed by atoms with E-state index in [1.165, 1.54) is 29.0 Å². The number of carbonyl (C=O) groups is 1. The normalized spacial score (nSPS) is 10.6. The smallest absolute Gasteiger partial charge is 0.240 e. The molecule has 2 N–H and O–H groups in total. The van der Waals surface area contributed by atoms with Gasteiger partial charge in [0.1, 0.15) is 19.0 Å². The van der Waals surface area contributed by atoms with Crippen LogP contribution in [0, 0.1) is 5.82 Å². The minimum Gasteiger partial charge on any atom is -0.483 e. The fourth-order valence-corrected chi connectivity index (χ4v) is 2.98. The van der Waals surface area contributed by atoms with Crippen LogP contribution in [0.2, 0.25) is 5.02 Å². The van der Waals surface area contributed by atoms with Gasteiger partial charge in [0, 0.05) is 23.3 Å². The Morgan fingerprint density at radius 2 is 1.90 bits per heavy atom. The van der Waals surface area contributed by atoms with Gasteiger partial charge < -0.3 is 19.7 Å². The van der Waals surface area contributed by atoms with Gasteiger partial charge in [0.05, 0.1) is 12.8 Å². The summed E-state index contributed by atoms with van der Waals surface area (Å²) in [7, 11) is 0. The molecule has 0 fully saturated rings. The molecular weight excluding hydrogens is 411 g/mol. The minimum atomic E-state index is -0.422. The highest BCUT2D eigenvalue weighted by molar-refractivity contribution is 6.31. The molecule has 0 atom stereocenters. The maximum Gasteiger partial charge on any atom is 0.240 e. The lowest BCUT2D eigenvalue weighted by atomic mass is 10.2. The van der Waals surface area contributed by atoms with Gasteiger partial charge in [-0.15, -0.1) is 0 Å². The number of halogens is 2. The molecule has 0 saturated carbocycles. The van der Waals surface area contributed by atoms with Gasteiger partial charge in [0.25, 0.3) is 0 Å². The second-order valence-electron chi connectivity index (χ2n) is 6.56. The summed E-state index contributed by atoms with van der Waals surface area (Å²) >= 11 is 6.09. The monoisotopic (exact) mass is 430 g/mol. The van der Waals surface area contributed by atoms with Crippen molar-refractivity contribution >= 4 is 17.5 Å². The molecule has 0 aliphatic rings. The molecule has 0 unspecified atom stereocenters. The topological polar surface area (TPSA) is 80.6 Å². The number of ether oxygens (including phenoxy) is 1. The molecule has 6 nitrogen and oxygen atoms in total. The lowest BCUT2D eigenvalue weighted by molar-refractivity contribution is -0.121. The second-order valence-corrected chi connectivity index (χ2v) is 6.97. The van der Waals surface area contributed by atoms with Crippen molar-refractivity contribution in [2.24, 2.45) is 0 Å². The van der Waals surface area contributed by atoms with E-state index in [0.29, 0.717) is 10.6 Å². The molecule has 8 heteroatoms. The van der Waals surface area contributed by atoms with Crippen molar-refractivity contribution < 1.29 is 19.0 Å². The van der Waals surface area contributed by atoms with Crippen LogP contribution in [0.4, 0.5) is 4.39 Å². The van der Waals surface area contributed by atoms with E-state index < -0.39 is 12.0 Å². The Bertz CT molecular complexity index is 1080. The number of aliphatic hydroxyl groups is 1. The second kappa shape index (κ2) is 10.0. The van der Waals surface area contributed by atoms with Crippen LogP contribution in [0.15, 0.2) is 65.6 Å². The molecule has 1 heterocycles. The minimum absolute atomic E-state index is 0.0235. The van der Waals surface area contributed by atoms with Crippen molar-refractivity contribution in [3.05, 3.63) is 98.7 Å². The number of carbonyl (C=O) groups excluding carboxylic acids is 1. The number of hydrogen-bond acceptors (Lipinski definition) is 4. The Morgan fingerprint density at radius 3 is 2.60 bits per heavy atom. The van der Waals surface area contributed by atoms with Crippen LogP contribution in [0.3, 0.4) is 0 Å². The molecule has 0 bridgehead atoms. The maximum atomic E-state index is 13.0.